The van der Waals surface area contributed by atoms with Crippen molar-refractivity contribution in [1.82, 2.24) is 9.21 Å². The molecule has 5 nitrogen and oxygen atoms in total. The van der Waals surface area contributed by atoms with Crippen LogP contribution in [0.25, 0.3) is 0 Å². The molecule has 0 radical (unpaired) electrons. The van der Waals surface area contributed by atoms with Crippen LogP contribution in [-0.2, 0) is 14.8 Å². The summed E-state index contributed by atoms with van der Waals surface area (Å²) in [6.45, 7) is 5.73. The summed E-state index contributed by atoms with van der Waals surface area (Å²) in [5.41, 5.74) is -0.957. The molecule has 6 heteroatoms. The Labute approximate surface area is 91.1 Å². The molecule has 0 unspecified atom stereocenters. The van der Waals surface area contributed by atoms with Crippen molar-refractivity contribution >= 4 is 15.9 Å². The molecule has 0 saturated carbocycles. The fourth-order valence-corrected chi connectivity index (χ4v) is 3.28. The first-order valence-electron chi connectivity index (χ1n) is 4.99. The third-order valence-electron chi connectivity index (χ3n) is 2.83. The predicted octanol–water partition coefficient (Wildman–Crippen LogP) is -0.111. The average molecular weight is 234 g/mol. The van der Waals surface area contributed by atoms with Gasteiger partial charge in [-0.05, 0) is 20.8 Å². The minimum Gasteiger partial charge on any atom is -0.343 e. The van der Waals surface area contributed by atoms with Gasteiger partial charge >= 0.3 is 0 Å². The fraction of sp³-hybridized carbons (Fsp3) is 0.889. The Hall–Kier alpha value is -0.620. The van der Waals surface area contributed by atoms with Gasteiger partial charge in [-0.3, -0.25) is 4.79 Å². The highest BCUT2D eigenvalue weighted by Gasteiger charge is 2.45. The van der Waals surface area contributed by atoms with E-state index in [9.17, 15) is 13.2 Å². The molecule has 1 aliphatic heterocycles. The lowest BCUT2D eigenvalue weighted by Crippen LogP contribution is -2.63. The summed E-state index contributed by atoms with van der Waals surface area (Å²) in [6.07, 6.45) is 0. The monoisotopic (exact) mass is 234 g/mol. The predicted molar refractivity (Wildman–Crippen MR) is 57.9 cm³/mol. The van der Waals surface area contributed by atoms with Crippen molar-refractivity contribution in [3.8, 4) is 0 Å². The Balaban J connectivity index is 3.08. The number of likely N-dealkylation sites (N-methyl/N-ethyl adjacent to an activating group) is 1. The van der Waals surface area contributed by atoms with Crippen LogP contribution < -0.4 is 0 Å². The minimum absolute atomic E-state index is 0.0351. The maximum atomic E-state index is 11.8. The summed E-state index contributed by atoms with van der Waals surface area (Å²) in [5.74, 6) is -0.112. The van der Waals surface area contributed by atoms with Gasteiger partial charge in [0.05, 0.1) is 5.75 Å². The lowest BCUT2D eigenvalue weighted by molar-refractivity contribution is -0.142. The number of carbonyl (C=O) groups is 1. The fourth-order valence-electron chi connectivity index (χ4n) is 1.84. The molecule has 1 saturated heterocycles. The number of hydrogen-bond donors (Lipinski definition) is 0. The Morgan fingerprint density at radius 2 is 1.87 bits per heavy atom. The van der Waals surface area contributed by atoms with Crippen LogP contribution in [0.15, 0.2) is 0 Å². The molecule has 0 aromatic carbocycles. The van der Waals surface area contributed by atoms with E-state index in [0.29, 0.717) is 13.1 Å². The highest BCUT2D eigenvalue weighted by Crippen LogP contribution is 2.24. The quantitative estimate of drug-likeness (QED) is 0.670. The van der Waals surface area contributed by atoms with E-state index in [4.69, 9.17) is 0 Å². The SMILES string of the molecule is CCS(=O)(=O)N1CCN(C)C(=O)C1(C)C. The van der Waals surface area contributed by atoms with E-state index < -0.39 is 15.6 Å². The molecule has 1 rings (SSSR count). The zero-order valence-electron chi connectivity index (χ0n) is 9.65. The van der Waals surface area contributed by atoms with Gasteiger partial charge in [-0.15, -0.1) is 0 Å². The van der Waals surface area contributed by atoms with Crippen LogP contribution in [0.4, 0.5) is 0 Å². The van der Waals surface area contributed by atoms with Crippen LogP contribution in [-0.4, -0.2) is 55.0 Å². The molecule has 1 amide bonds. The van der Waals surface area contributed by atoms with E-state index in [1.54, 1.807) is 32.7 Å². The van der Waals surface area contributed by atoms with Gasteiger partial charge in [0.25, 0.3) is 0 Å². The van der Waals surface area contributed by atoms with Crippen LogP contribution in [0.5, 0.6) is 0 Å². The zero-order chi connectivity index (χ0) is 11.9. The second-order valence-electron chi connectivity index (χ2n) is 4.26. The summed E-state index contributed by atoms with van der Waals surface area (Å²) in [7, 11) is -1.60. The van der Waals surface area contributed by atoms with Crippen molar-refractivity contribution in [3.05, 3.63) is 0 Å². The molecule has 0 aromatic rings. The number of rotatable bonds is 2. The minimum atomic E-state index is -3.30. The Kier molecular flexibility index (Phi) is 3.11. The molecule has 1 fully saturated rings. The molecule has 0 atom stereocenters. The summed E-state index contributed by atoms with van der Waals surface area (Å²) in [5, 5.41) is 0. The lowest BCUT2D eigenvalue weighted by atomic mass is 10.0. The highest BCUT2D eigenvalue weighted by molar-refractivity contribution is 7.89. The average Bonchev–Trinajstić information content (AvgIpc) is 2.14. The van der Waals surface area contributed by atoms with E-state index in [0.717, 1.165) is 0 Å². The van der Waals surface area contributed by atoms with Gasteiger partial charge in [-0.2, -0.15) is 4.31 Å². The van der Waals surface area contributed by atoms with E-state index in [1.807, 2.05) is 0 Å². The maximum Gasteiger partial charge on any atom is 0.243 e. The first kappa shape index (κ1) is 12.4. The van der Waals surface area contributed by atoms with Gasteiger partial charge in [0.15, 0.2) is 0 Å². The summed E-state index contributed by atoms with van der Waals surface area (Å²) >= 11 is 0. The van der Waals surface area contributed by atoms with Crippen molar-refractivity contribution in [3.63, 3.8) is 0 Å². The second-order valence-corrected chi connectivity index (χ2v) is 6.44. The number of piperazine rings is 1. The largest absolute Gasteiger partial charge is 0.343 e. The molecule has 0 aliphatic carbocycles. The topological polar surface area (TPSA) is 57.7 Å². The van der Waals surface area contributed by atoms with Crippen molar-refractivity contribution in [1.29, 1.82) is 0 Å². The summed E-state index contributed by atoms with van der Waals surface area (Å²) < 4.78 is 24.9. The van der Waals surface area contributed by atoms with Crippen molar-refractivity contribution in [2.45, 2.75) is 26.3 Å². The smallest absolute Gasteiger partial charge is 0.243 e. The van der Waals surface area contributed by atoms with Gasteiger partial charge in [0.2, 0.25) is 15.9 Å². The first-order chi connectivity index (χ1) is 6.73. The first-order valence-corrected chi connectivity index (χ1v) is 6.60. The Bertz CT molecular complexity index is 362. The molecule has 1 heterocycles. The second kappa shape index (κ2) is 3.75. The highest BCUT2D eigenvalue weighted by atomic mass is 32.2. The third-order valence-corrected chi connectivity index (χ3v) is 4.87. The van der Waals surface area contributed by atoms with Crippen molar-refractivity contribution < 1.29 is 13.2 Å². The van der Waals surface area contributed by atoms with Gasteiger partial charge in [0, 0.05) is 20.1 Å². The number of carbonyl (C=O) groups excluding carboxylic acids is 1. The third kappa shape index (κ3) is 2.01. The van der Waals surface area contributed by atoms with Gasteiger partial charge in [-0.1, -0.05) is 0 Å². The van der Waals surface area contributed by atoms with Crippen LogP contribution in [0.1, 0.15) is 20.8 Å². The molecule has 1 aliphatic rings. The van der Waals surface area contributed by atoms with Gasteiger partial charge in [-0.25, -0.2) is 8.42 Å². The van der Waals surface area contributed by atoms with Gasteiger partial charge < -0.3 is 4.90 Å². The van der Waals surface area contributed by atoms with Crippen LogP contribution in [0.2, 0.25) is 0 Å². The normalized spacial score (nSPS) is 23.2. The number of nitrogens with zero attached hydrogens (tertiary/aromatic N) is 2. The molecular formula is C9H18N2O3S. The molecule has 15 heavy (non-hydrogen) atoms. The lowest BCUT2D eigenvalue weighted by Gasteiger charge is -2.43. The zero-order valence-corrected chi connectivity index (χ0v) is 10.5. The van der Waals surface area contributed by atoms with Crippen molar-refractivity contribution in [2.24, 2.45) is 0 Å². The van der Waals surface area contributed by atoms with Crippen LogP contribution in [0.3, 0.4) is 0 Å². The summed E-state index contributed by atoms with van der Waals surface area (Å²) in [6, 6.07) is 0. The van der Waals surface area contributed by atoms with Crippen LogP contribution in [0, 0.1) is 0 Å². The standard InChI is InChI=1S/C9H18N2O3S/c1-5-15(13,14)11-7-6-10(4)8(12)9(11,2)3/h5-7H2,1-4H3. The molecule has 0 aromatic heterocycles. The number of sulfonamides is 1. The van der Waals surface area contributed by atoms with E-state index in [1.165, 1.54) is 4.31 Å². The molecule has 0 bridgehead atoms. The molecule has 0 N–H and O–H groups in total. The Morgan fingerprint density at radius 1 is 1.33 bits per heavy atom. The molecule has 88 valence electrons. The maximum absolute atomic E-state index is 11.8. The number of hydrogen-bond acceptors (Lipinski definition) is 3. The number of amides is 1. The van der Waals surface area contributed by atoms with E-state index in [2.05, 4.69) is 0 Å². The summed E-state index contributed by atoms with van der Waals surface area (Å²) in [4.78, 5) is 13.4. The van der Waals surface area contributed by atoms with E-state index in [-0.39, 0.29) is 11.7 Å². The molecular weight excluding hydrogens is 216 g/mol. The molecule has 0 spiro atoms. The Morgan fingerprint density at radius 3 is 2.33 bits per heavy atom. The van der Waals surface area contributed by atoms with Crippen LogP contribution >= 0.6 is 0 Å². The van der Waals surface area contributed by atoms with Crippen molar-refractivity contribution in [2.75, 3.05) is 25.9 Å². The van der Waals surface area contributed by atoms with E-state index >= 15 is 0 Å². The van der Waals surface area contributed by atoms with Gasteiger partial charge in [0.1, 0.15) is 5.54 Å².